The summed E-state index contributed by atoms with van der Waals surface area (Å²) < 4.78 is 15.9. The van der Waals surface area contributed by atoms with Gasteiger partial charge in [0.15, 0.2) is 10.8 Å². The van der Waals surface area contributed by atoms with Gasteiger partial charge in [0.2, 0.25) is 5.91 Å². The minimum atomic E-state index is -0.319. The van der Waals surface area contributed by atoms with Gasteiger partial charge in [-0.3, -0.25) is 14.9 Å². The predicted octanol–water partition coefficient (Wildman–Crippen LogP) is 4.32. The zero-order valence-corrected chi connectivity index (χ0v) is 17.4. The van der Waals surface area contributed by atoms with Gasteiger partial charge in [0.25, 0.3) is 5.91 Å². The molecule has 0 bridgehead atoms. The van der Waals surface area contributed by atoms with Gasteiger partial charge < -0.3 is 5.32 Å². The third-order valence-corrected chi connectivity index (χ3v) is 6.08. The minimum absolute atomic E-state index is 0.150. The van der Waals surface area contributed by atoms with Crippen LogP contribution in [0.15, 0.2) is 42.5 Å². The summed E-state index contributed by atoms with van der Waals surface area (Å²) >= 11 is 1.33. The van der Waals surface area contributed by atoms with Crippen LogP contribution < -0.4 is 10.6 Å². The maximum atomic E-state index is 13.3. The lowest BCUT2D eigenvalue weighted by molar-refractivity contribution is -0.114. The summed E-state index contributed by atoms with van der Waals surface area (Å²) in [6, 6.07) is 11.5. The number of anilines is 2. The molecule has 0 spiro atoms. The number of nitrogens with one attached hydrogen (secondary N) is 2. The molecule has 0 atom stereocenters. The van der Waals surface area contributed by atoms with Crippen LogP contribution in [0.4, 0.5) is 15.2 Å². The van der Waals surface area contributed by atoms with Crippen molar-refractivity contribution in [2.24, 2.45) is 0 Å². The molecule has 31 heavy (non-hydrogen) atoms. The van der Waals surface area contributed by atoms with Gasteiger partial charge in [-0.2, -0.15) is 5.10 Å². The summed E-state index contributed by atoms with van der Waals surface area (Å²) in [4.78, 5) is 28.8. The first-order chi connectivity index (χ1) is 15.0. The zero-order chi connectivity index (χ0) is 21.5. The number of hydrogen-bond donors (Lipinski definition) is 2. The van der Waals surface area contributed by atoms with E-state index in [9.17, 15) is 14.0 Å². The average Bonchev–Trinajstić information content (AvgIpc) is 3.42. The molecule has 0 unspecified atom stereocenters. The van der Waals surface area contributed by atoms with Gasteiger partial charge in [-0.1, -0.05) is 11.3 Å². The fourth-order valence-electron chi connectivity index (χ4n) is 3.83. The van der Waals surface area contributed by atoms with E-state index >= 15 is 0 Å². The number of thiazole rings is 1. The molecule has 5 rings (SSSR count). The number of nitrogens with zero attached hydrogens (tertiary/aromatic N) is 3. The molecule has 1 aliphatic rings. The van der Waals surface area contributed by atoms with Gasteiger partial charge >= 0.3 is 0 Å². The Morgan fingerprint density at radius 1 is 1.10 bits per heavy atom. The second-order valence-electron chi connectivity index (χ2n) is 7.35. The van der Waals surface area contributed by atoms with Crippen molar-refractivity contribution in [2.75, 3.05) is 10.6 Å². The molecule has 0 aliphatic heterocycles. The maximum Gasteiger partial charge on any atom is 0.278 e. The normalized spacial score (nSPS) is 12.7. The van der Waals surface area contributed by atoms with Crippen LogP contribution in [0.3, 0.4) is 0 Å². The lowest BCUT2D eigenvalue weighted by Gasteiger charge is -2.05. The van der Waals surface area contributed by atoms with Gasteiger partial charge in [0.1, 0.15) is 5.82 Å². The molecular weight excluding hydrogens is 417 g/mol. The van der Waals surface area contributed by atoms with Gasteiger partial charge in [-0.25, -0.2) is 14.1 Å². The first-order valence-corrected chi connectivity index (χ1v) is 10.7. The van der Waals surface area contributed by atoms with E-state index in [2.05, 4.69) is 20.7 Å². The van der Waals surface area contributed by atoms with Crippen LogP contribution in [0.1, 0.15) is 35.1 Å². The monoisotopic (exact) mass is 435 g/mol. The van der Waals surface area contributed by atoms with Gasteiger partial charge in [0.05, 0.1) is 15.9 Å². The fourth-order valence-corrected chi connectivity index (χ4v) is 4.73. The largest absolute Gasteiger partial charge is 0.326 e. The Hall–Kier alpha value is -3.59. The number of fused-ring (bicyclic) bond motifs is 2. The van der Waals surface area contributed by atoms with Crippen LogP contribution in [0.5, 0.6) is 0 Å². The molecule has 0 saturated heterocycles. The quantitative estimate of drug-likeness (QED) is 0.500. The zero-order valence-electron chi connectivity index (χ0n) is 16.6. The molecule has 4 aromatic rings. The Morgan fingerprint density at radius 2 is 1.90 bits per heavy atom. The highest BCUT2D eigenvalue weighted by Crippen LogP contribution is 2.31. The van der Waals surface area contributed by atoms with Crippen molar-refractivity contribution in [2.45, 2.75) is 26.2 Å². The number of halogens is 1. The smallest absolute Gasteiger partial charge is 0.278 e. The number of aromatic nitrogens is 3. The van der Waals surface area contributed by atoms with E-state index in [-0.39, 0.29) is 17.6 Å². The molecule has 7 nitrogen and oxygen atoms in total. The second-order valence-corrected chi connectivity index (χ2v) is 8.38. The highest BCUT2D eigenvalue weighted by atomic mass is 32.1. The molecule has 2 amide bonds. The fraction of sp³-hybridized carbons (Fsp3) is 0.182. The lowest BCUT2D eigenvalue weighted by atomic mass is 10.2. The van der Waals surface area contributed by atoms with Crippen molar-refractivity contribution < 1.29 is 14.0 Å². The molecule has 1 aliphatic carbocycles. The standard InChI is InChI=1S/C22H18FN5O2S/c1-12(29)24-14-7-10-17-19(11-14)31-22(25-17)26-21(30)20-16-3-2-4-18(16)28(27-20)15-8-5-13(23)6-9-15/h5-11H,2-4H2,1H3,(H,24,29)(H,25,26,30). The molecule has 2 heterocycles. The summed E-state index contributed by atoms with van der Waals surface area (Å²) in [6.07, 6.45) is 2.54. The van der Waals surface area contributed by atoms with Gasteiger partial charge in [-0.15, -0.1) is 0 Å². The van der Waals surface area contributed by atoms with Crippen molar-refractivity contribution in [1.29, 1.82) is 0 Å². The average molecular weight is 435 g/mol. The Labute approximate surface area is 180 Å². The van der Waals surface area contributed by atoms with E-state index in [0.29, 0.717) is 16.5 Å². The minimum Gasteiger partial charge on any atom is -0.326 e. The van der Waals surface area contributed by atoms with Crippen LogP contribution in [0.2, 0.25) is 0 Å². The second kappa shape index (κ2) is 7.59. The van der Waals surface area contributed by atoms with E-state index in [1.807, 2.05) is 6.07 Å². The molecule has 0 radical (unpaired) electrons. The van der Waals surface area contributed by atoms with Crippen molar-refractivity contribution in [1.82, 2.24) is 14.8 Å². The molecule has 156 valence electrons. The van der Waals surface area contributed by atoms with E-state index in [0.717, 1.165) is 46.4 Å². The molecule has 0 saturated carbocycles. The predicted molar refractivity (Wildman–Crippen MR) is 117 cm³/mol. The SMILES string of the molecule is CC(=O)Nc1ccc2nc(NC(=O)c3nn(-c4ccc(F)cc4)c4c3CCC4)sc2c1. The van der Waals surface area contributed by atoms with Crippen molar-refractivity contribution in [3.63, 3.8) is 0 Å². The number of carbonyl (C=O) groups excluding carboxylic acids is 2. The van der Waals surface area contributed by atoms with Gasteiger partial charge in [0, 0.05) is 23.9 Å². The summed E-state index contributed by atoms with van der Waals surface area (Å²) in [5, 5.41) is 10.6. The lowest BCUT2D eigenvalue weighted by Crippen LogP contribution is -2.14. The Balaban J connectivity index is 1.44. The van der Waals surface area contributed by atoms with Crippen molar-refractivity contribution in [3.8, 4) is 5.69 Å². The molecule has 2 aromatic heterocycles. The summed E-state index contributed by atoms with van der Waals surface area (Å²) in [7, 11) is 0. The number of benzene rings is 2. The number of amides is 2. The van der Waals surface area contributed by atoms with Crippen LogP contribution in [0, 0.1) is 5.82 Å². The molecule has 0 fully saturated rings. The highest BCUT2D eigenvalue weighted by molar-refractivity contribution is 7.22. The van der Waals surface area contributed by atoms with E-state index in [4.69, 9.17) is 0 Å². The first kappa shape index (κ1) is 19.4. The van der Waals surface area contributed by atoms with Crippen LogP contribution in [-0.4, -0.2) is 26.6 Å². The Kier molecular flexibility index (Phi) is 4.74. The molecule has 2 aromatic carbocycles. The maximum absolute atomic E-state index is 13.3. The first-order valence-electron chi connectivity index (χ1n) is 9.84. The number of carbonyl (C=O) groups is 2. The molecular formula is C22H18FN5O2S. The van der Waals surface area contributed by atoms with Crippen molar-refractivity contribution >= 4 is 44.2 Å². The van der Waals surface area contributed by atoms with E-state index in [1.165, 1.54) is 30.4 Å². The summed E-state index contributed by atoms with van der Waals surface area (Å²) in [5.41, 5.74) is 4.42. The molecule has 9 heteroatoms. The Bertz CT molecular complexity index is 1330. The topological polar surface area (TPSA) is 88.9 Å². The summed E-state index contributed by atoms with van der Waals surface area (Å²) in [5.74, 6) is -0.786. The number of hydrogen-bond acceptors (Lipinski definition) is 5. The third kappa shape index (κ3) is 3.68. The third-order valence-electron chi connectivity index (χ3n) is 5.15. The van der Waals surface area contributed by atoms with Gasteiger partial charge in [-0.05, 0) is 61.7 Å². The Morgan fingerprint density at radius 3 is 2.68 bits per heavy atom. The molecule has 2 N–H and O–H groups in total. The summed E-state index contributed by atoms with van der Waals surface area (Å²) in [6.45, 7) is 1.45. The van der Waals surface area contributed by atoms with Crippen LogP contribution in [-0.2, 0) is 17.6 Å². The number of rotatable bonds is 4. The van der Waals surface area contributed by atoms with Crippen LogP contribution >= 0.6 is 11.3 Å². The van der Waals surface area contributed by atoms with Crippen LogP contribution in [0.25, 0.3) is 15.9 Å². The highest BCUT2D eigenvalue weighted by Gasteiger charge is 2.27. The van der Waals surface area contributed by atoms with E-state index in [1.54, 1.807) is 28.9 Å². The van der Waals surface area contributed by atoms with E-state index < -0.39 is 0 Å². The van der Waals surface area contributed by atoms with Crippen molar-refractivity contribution in [3.05, 3.63) is 65.2 Å².